The third-order valence-corrected chi connectivity index (χ3v) is 5.23. The number of hydrogen-bond donors (Lipinski definition) is 0. The summed E-state index contributed by atoms with van der Waals surface area (Å²) in [5.41, 5.74) is 1.53. The highest BCUT2D eigenvalue weighted by Gasteiger charge is 2.16. The van der Waals surface area contributed by atoms with Gasteiger partial charge in [0.15, 0.2) is 0 Å². The lowest BCUT2D eigenvalue weighted by atomic mass is 10.2. The minimum absolute atomic E-state index is 0.273. The number of nitrogens with zero attached hydrogens (tertiary/aromatic N) is 3. The molecule has 1 aromatic carbocycles. The van der Waals surface area contributed by atoms with Gasteiger partial charge in [-0.15, -0.1) is 11.3 Å². The molecular formula is C17H15Cl2N3O3S. The summed E-state index contributed by atoms with van der Waals surface area (Å²) >= 11 is 13.8. The predicted octanol–water partition coefficient (Wildman–Crippen LogP) is 4.77. The molecule has 3 rings (SSSR count). The third-order valence-electron chi connectivity index (χ3n) is 3.59. The lowest BCUT2D eigenvalue weighted by Crippen LogP contribution is -2.23. The van der Waals surface area contributed by atoms with Gasteiger partial charge in [-0.05, 0) is 29.6 Å². The first kappa shape index (κ1) is 18.7. The molecule has 9 heteroatoms. The van der Waals surface area contributed by atoms with Crippen molar-refractivity contribution in [3.8, 4) is 22.2 Å². The number of likely N-dealkylation sites (N-methyl/N-ethyl adjacent to an activating group) is 1. The van der Waals surface area contributed by atoms with Crippen molar-refractivity contribution in [2.45, 2.75) is 6.92 Å². The maximum absolute atomic E-state index is 10.9. The van der Waals surface area contributed by atoms with Crippen LogP contribution in [0.15, 0.2) is 34.2 Å². The first-order valence-electron chi connectivity index (χ1n) is 7.67. The molecule has 0 unspecified atom stereocenters. The van der Waals surface area contributed by atoms with Gasteiger partial charge in [-0.25, -0.2) is 0 Å². The molecule has 0 aliphatic rings. The van der Waals surface area contributed by atoms with Crippen LogP contribution in [-0.2, 0) is 9.53 Å². The van der Waals surface area contributed by atoms with E-state index in [1.807, 2.05) is 29.5 Å². The van der Waals surface area contributed by atoms with Gasteiger partial charge < -0.3 is 14.2 Å². The van der Waals surface area contributed by atoms with Gasteiger partial charge in [-0.2, -0.15) is 4.98 Å². The van der Waals surface area contributed by atoms with Gasteiger partial charge >= 0.3 is 5.97 Å². The van der Waals surface area contributed by atoms with Crippen LogP contribution in [-0.4, -0.2) is 36.3 Å². The summed E-state index contributed by atoms with van der Waals surface area (Å²) in [6.07, 6.45) is 0. The number of rotatable bonds is 6. The van der Waals surface area contributed by atoms with E-state index >= 15 is 0 Å². The summed E-state index contributed by atoms with van der Waals surface area (Å²) in [5.74, 6) is 0.500. The Hall–Kier alpha value is -2.09. The number of hydrogen-bond acceptors (Lipinski definition) is 7. The number of aromatic nitrogens is 2. The van der Waals surface area contributed by atoms with Crippen LogP contribution in [0.25, 0.3) is 22.2 Å². The predicted molar refractivity (Wildman–Crippen MR) is 103 cm³/mol. The number of benzene rings is 1. The monoisotopic (exact) mass is 411 g/mol. The summed E-state index contributed by atoms with van der Waals surface area (Å²) < 4.78 is 10.3. The van der Waals surface area contributed by atoms with Crippen LogP contribution in [0.1, 0.15) is 6.92 Å². The van der Waals surface area contributed by atoms with Crippen molar-refractivity contribution in [1.82, 2.24) is 10.1 Å². The van der Waals surface area contributed by atoms with Crippen molar-refractivity contribution >= 4 is 46.2 Å². The Morgan fingerprint density at radius 3 is 2.81 bits per heavy atom. The van der Waals surface area contributed by atoms with Gasteiger partial charge in [0.25, 0.3) is 5.89 Å². The summed E-state index contributed by atoms with van der Waals surface area (Å²) in [7, 11) is 1.86. The highest BCUT2D eigenvalue weighted by molar-refractivity contribution is 7.14. The maximum Gasteiger partial charge on any atom is 0.302 e. The highest BCUT2D eigenvalue weighted by atomic mass is 35.5. The van der Waals surface area contributed by atoms with E-state index in [1.165, 1.54) is 18.3 Å². The summed E-state index contributed by atoms with van der Waals surface area (Å²) in [6.45, 7) is 2.15. The number of halogens is 2. The summed E-state index contributed by atoms with van der Waals surface area (Å²) in [4.78, 5) is 17.9. The molecule has 0 saturated carbocycles. The molecule has 2 aromatic heterocycles. The lowest BCUT2D eigenvalue weighted by molar-refractivity contribution is -0.140. The molecular weight excluding hydrogens is 397 g/mol. The maximum atomic E-state index is 10.9. The standard InChI is InChI=1S/C17H15Cl2N3O3S/c1-10(23)24-7-6-22(2)14-9-11(3-4-12(14)18)16-20-17(25-21-16)15-13(19)5-8-26-15/h3-5,8-9H,6-7H2,1-2H3. The average molecular weight is 412 g/mol. The fourth-order valence-corrected chi connectivity index (χ4v) is 3.59. The van der Waals surface area contributed by atoms with E-state index in [4.69, 9.17) is 32.5 Å². The van der Waals surface area contributed by atoms with Gasteiger partial charge in [-0.1, -0.05) is 28.4 Å². The van der Waals surface area contributed by atoms with Crippen molar-refractivity contribution in [2.24, 2.45) is 0 Å². The number of anilines is 1. The summed E-state index contributed by atoms with van der Waals surface area (Å²) in [5, 5.41) is 7.04. The zero-order valence-electron chi connectivity index (χ0n) is 14.0. The largest absolute Gasteiger partial charge is 0.464 e. The van der Waals surface area contributed by atoms with Crippen LogP contribution >= 0.6 is 34.5 Å². The third kappa shape index (κ3) is 4.17. The van der Waals surface area contributed by atoms with Crippen molar-refractivity contribution < 1.29 is 14.1 Å². The van der Waals surface area contributed by atoms with Gasteiger partial charge in [-0.3, -0.25) is 4.79 Å². The number of ether oxygens (including phenoxy) is 1. The molecule has 3 aromatic rings. The number of esters is 1. The minimum Gasteiger partial charge on any atom is -0.464 e. The molecule has 0 N–H and O–H groups in total. The Labute approximate surface area is 164 Å². The normalized spacial score (nSPS) is 10.8. The molecule has 136 valence electrons. The molecule has 0 bridgehead atoms. The number of carbonyl (C=O) groups is 1. The Morgan fingerprint density at radius 1 is 1.31 bits per heavy atom. The molecule has 6 nitrogen and oxygen atoms in total. The van der Waals surface area contributed by atoms with Crippen LogP contribution in [0, 0.1) is 0 Å². The molecule has 0 atom stereocenters. The number of thiophene rings is 1. The van der Waals surface area contributed by atoms with Crippen LogP contribution in [0.4, 0.5) is 5.69 Å². The van der Waals surface area contributed by atoms with Crippen molar-refractivity contribution in [3.05, 3.63) is 39.7 Å². The Balaban J connectivity index is 1.82. The first-order valence-corrected chi connectivity index (χ1v) is 9.30. The molecule has 0 spiro atoms. The zero-order chi connectivity index (χ0) is 18.7. The molecule has 26 heavy (non-hydrogen) atoms. The quantitative estimate of drug-likeness (QED) is 0.544. The SMILES string of the molecule is CC(=O)OCCN(C)c1cc(-c2noc(-c3sccc3Cl)n2)ccc1Cl. The van der Waals surface area contributed by atoms with Gasteiger partial charge in [0, 0.05) is 19.5 Å². The van der Waals surface area contributed by atoms with Crippen LogP contribution in [0.5, 0.6) is 0 Å². The molecule has 0 aliphatic carbocycles. The Kier molecular flexibility index (Phi) is 5.80. The van der Waals surface area contributed by atoms with Gasteiger partial charge in [0.2, 0.25) is 5.82 Å². The molecule has 0 aliphatic heterocycles. The zero-order valence-corrected chi connectivity index (χ0v) is 16.4. The van der Waals surface area contributed by atoms with Crippen molar-refractivity contribution in [1.29, 1.82) is 0 Å². The Bertz CT molecular complexity index is 926. The topological polar surface area (TPSA) is 68.5 Å². The van der Waals surface area contributed by atoms with E-state index in [9.17, 15) is 4.79 Å². The fraction of sp³-hybridized carbons (Fsp3) is 0.235. The van der Waals surface area contributed by atoms with E-state index in [0.29, 0.717) is 28.3 Å². The van der Waals surface area contributed by atoms with E-state index < -0.39 is 0 Å². The Morgan fingerprint density at radius 2 is 2.12 bits per heavy atom. The van der Waals surface area contributed by atoms with Crippen LogP contribution in [0.2, 0.25) is 10.0 Å². The van der Waals surface area contributed by atoms with E-state index in [2.05, 4.69) is 10.1 Å². The summed E-state index contributed by atoms with van der Waals surface area (Å²) in [6, 6.07) is 7.23. The first-order chi connectivity index (χ1) is 12.5. The minimum atomic E-state index is -0.315. The van der Waals surface area contributed by atoms with Crippen LogP contribution in [0.3, 0.4) is 0 Å². The number of carbonyl (C=O) groups excluding carboxylic acids is 1. The van der Waals surface area contributed by atoms with E-state index in [-0.39, 0.29) is 12.6 Å². The fourth-order valence-electron chi connectivity index (χ4n) is 2.27. The molecule has 0 saturated heterocycles. The molecule has 2 heterocycles. The average Bonchev–Trinajstić information content (AvgIpc) is 3.23. The van der Waals surface area contributed by atoms with Gasteiger partial charge in [0.1, 0.15) is 11.5 Å². The highest BCUT2D eigenvalue weighted by Crippen LogP contribution is 2.34. The second-order valence-corrected chi connectivity index (χ2v) is 7.18. The molecule has 0 amide bonds. The van der Waals surface area contributed by atoms with Gasteiger partial charge in [0.05, 0.1) is 22.3 Å². The second-order valence-electron chi connectivity index (χ2n) is 5.45. The van der Waals surface area contributed by atoms with E-state index in [0.717, 1.165) is 16.1 Å². The van der Waals surface area contributed by atoms with Crippen molar-refractivity contribution in [3.63, 3.8) is 0 Å². The van der Waals surface area contributed by atoms with Crippen LogP contribution < -0.4 is 4.90 Å². The van der Waals surface area contributed by atoms with Crippen molar-refractivity contribution in [2.75, 3.05) is 25.1 Å². The lowest BCUT2D eigenvalue weighted by Gasteiger charge is -2.20. The molecule has 0 fully saturated rings. The molecule has 0 radical (unpaired) electrons. The van der Waals surface area contributed by atoms with E-state index in [1.54, 1.807) is 12.1 Å². The smallest absolute Gasteiger partial charge is 0.302 e. The second kappa shape index (κ2) is 8.07.